The summed E-state index contributed by atoms with van der Waals surface area (Å²) in [4.78, 5) is 0. The summed E-state index contributed by atoms with van der Waals surface area (Å²) in [5.41, 5.74) is 5.28. The fourth-order valence-electron chi connectivity index (χ4n) is 2.13. The number of nitrogens with two attached hydrogens (primary N) is 1. The molecule has 3 rings (SSSR count). The first-order chi connectivity index (χ1) is 11.7. The smallest absolute Gasteiger partial charge is 0.144 e. The van der Waals surface area contributed by atoms with Crippen molar-refractivity contribution >= 4 is 18.1 Å². The number of ether oxygens (including phenoxy) is 2. The van der Waals surface area contributed by atoms with E-state index in [4.69, 9.17) is 15.3 Å². The van der Waals surface area contributed by atoms with E-state index in [2.05, 4.69) is 10.5 Å². The summed E-state index contributed by atoms with van der Waals surface area (Å²) < 4.78 is 12.1. The molecule has 0 amide bonds. The van der Waals surface area contributed by atoms with Gasteiger partial charge in [-0.1, -0.05) is 24.3 Å². The highest BCUT2D eigenvalue weighted by Crippen LogP contribution is 2.21. The van der Waals surface area contributed by atoms with E-state index >= 15 is 0 Å². The predicted octanol–water partition coefficient (Wildman–Crippen LogP) is 3.59. The van der Waals surface area contributed by atoms with Crippen molar-refractivity contribution in [3.8, 4) is 17.2 Å². The first-order valence-corrected chi connectivity index (χ1v) is 7.45. The fraction of sp³-hybridized carbons (Fsp3) is 0.167. The molecule has 0 atom stereocenters. The van der Waals surface area contributed by atoms with Gasteiger partial charge in [0.25, 0.3) is 0 Å². The number of hydrazine groups is 1. The van der Waals surface area contributed by atoms with Crippen molar-refractivity contribution in [2.45, 2.75) is 6.92 Å². The Bertz CT molecular complexity index is 754. The standard InChI is InChI=1S/C11H12N2O.C7H10N2O.ClH/c1-9-7-8-13(12-9)10-5-3-4-6-11(10)14-2;1-10-7-5-3-2-4-6(7)9-8;/h3-8H,1-2H3;2-5,9H,8H2,1H3;1H. The molecule has 0 spiro atoms. The predicted molar refractivity (Wildman–Crippen MR) is 103 cm³/mol. The van der Waals surface area contributed by atoms with Crippen LogP contribution in [0.1, 0.15) is 5.69 Å². The van der Waals surface area contributed by atoms with Crippen LogP contribution in [-0.4, -0.2) is 24.0 Å². The molecule has 25 heavy (non-hydrogen) atoms. The van der Waals surface area contributed by atoms with E-state index < -0.39 is 0 Å². The van der Waals surface area contributed by atoms with E-state index in [0.717, 1.165) is 28.6 Å². The number of nitrogens with zero attached hydrogens (tertiary/aromatic N) is 2. The maximum Gasteiger partial charge on any atom is 0.144 e. The number of rotatable bonds is 4. The number of nitrogen functional groups attached to an aromatic ring is 1. The van der Waals surface area contributed by atoms with Crippen molar-refractivity contribution in [1.29, 1.82) is 0 Å². The van der Waals surface area contributed by atoms with Gasteiger partial charge in [0.2, 0.25) is 0 Å². The van der Waals surface area contributed by atoms with Gasteiger partial charge >= 0.3 is 0 Å². The maximum absolute atomic E-state index is 5.25. The molecule has 0 saturated heterocycles. The second-order valence-electron chi connectivity index (χ2n) is 4.92. The van der Waals surface area contributed by atoms with E-state index in [1.54, 1.807) is 14.2 Å². The van der Waals surface area contributed by atoms with Gasteiger partial charge in [0.1, 0.15) is 17.2 Å². The highest BCUT2D eigenvalue weighted by atomic mass is 35.5. The average molecular weight is 363 g/mol. The summed E-state index contributed by atoms with van der Waals surface area (Å²) in [5.74, 6) is 6.78. The molecule has 0 aliphatic heterocycles. The van der Waals surface area contributed by atoms with E-state index in [9.17, 15) is 0 Å². The van der Waals surface area contributed by atoms with Gasteiger partial charge in [-0.3, -0.25) is 5.84 Å². The van der Waals surface area contributed by atoms with Crippen LogP contribution in [0.25, 0.3) is 5.69 Å². The summed E-state index contributed by atoms with van der Waals surface area (Å²) in [6.45, 7) is 1.96. The zero-order valence-electron chi connectivity index (χ0n) is 14.5. The lowest BCUT2D eigenvalue weighted by molar-refractivity contribution is 0.411. The average Bonchev–Trinajstić information content (AvgIpc) is 3.08. The van der Waals surface area contributed by atoms with Gasteiger partial charge in [0.05, 0.1) is 25.6 Å². The molecule has 0 aliphatic rings. The Morgan fingerprint density at radius 3 is 2.04 bits per heavy atom. The molecule has 0 bridgehead atoms. The van der Waals surface area contributed by atoms with E-state index in [0.29, 0.717) is 0 Å². The summed E-state index contributed by atoms with van der Waals surface area (Å²) in [7, 11) is 3.27. The number of methoxy groups -OCH3 is 2. The molecule has 3 N–H and O–H groups in total. The van der Waals surface area contributed by atoms with Crippen LogP contribution >= 0.6 is 12.4 Å². The van der Waals surface area contributed by atoms with Crippen LogP contribution in [0.4, 0.5) is 5.69 Å². The van der Waals surface area contributed by atoms with Crippen molar-refractivity contribution in [1.82, 2.24) is 9.78 Å². The molecule has 0 fully saturated rings. The number of halogens is 1. The minimum atomic E-state index is 0. The van der Waals surface area contributed by atoms with Crippen LogP contribution in [0.3, 0.4) is 0 Å². The molecular formula is C18H23ClN4O2. The van der Waals surface area contributed by atoms with Crippen LogP contribution in [0.2, 0.25) is 0 Å². The van der Waals surface area contributed by atoms with Crippen molar-refractivity contribution in [3.05, 3.63) is 66.5 Å². The third-order valence-electron chi connectivity index (χ3n) is 3.32. The highest BCUT2D eigenvalue weighted by Gasteiger charge is 2.03. The number of anilines is 1. The van der Waals surface area contributed by atoms with E-state index in [1.165, 1.54) is 0 Å². The Hall–Kier alpha value is -2.70. The largest absolute Gasteiger partial charge is 0.495 e. The number of aryl methyl sites for hydroxylation is 1. The number of nitrogens with one attached hydrogen (secondary N) is 1. The third kappa shape index (κ3) is 5.41. The van der Waals surface area contributed by atoms with Gasteiger partial charge in [-0.05, 0) is 37.3 Å². The van der Waals surface area contributed by atoms with Crippen LogP contribution in [0.5, 0.6) is 11.5 Å². The molecule has 0 aliphatic carbocycles. The molecule has 1 aromatic heterocycles. The second-order valence-corrected chi connectivity index (χ2v) is 4.92. The van der Waals surface area contributed by atoms with Gasteiger partial charge in [-0.25, -0.2) is 4.68 Å². The minimum Gasteiger partial charge on any atom is -0.495 e. The number of hydrogen-bond acceptors (Lipinski definition) is 5. The van der Waals surface area contributed by atoms with Crippen LogP contribution in [0, 0.1) is 6.92 Å². The fourth-order valence-corrected chi connectivity index (χ4v) is 2.13. The minimum absolute atomic E-state index is 0. The number of benzene rings is 2. The maximum atomic E-state index is 5.25. The van der Waals surface area contributed by atoms with Gasteiger partial charge in [-0.15, -0.1) is 12.4 Å². The molecule has 6 nitrogen and oxygen atoms in total. The van der Waals surface area contributed by atoms with Crippen LogP contribution in [-0.2, 0) is 0 Å². The number of hydrogen-bond donors (Lipinski definition) is 2. The monoisotopic (exact) mass is 362 g/mol. The normalized spacial score (nSPS) is 9.28. The van der Waals surface area contributed by atoms with Gasteiger partial charge in [-0.2, -0.15) is 5.10 Å². The van der Waals surface area contributed by atoms with Crippen molar-refractivity contribution < 1.29 is 9.47 Å². The SMILES string of the molecule is COc1ccccc1-n1ccc(C)n1.COc1ccccc1NN.Cl. The first kappa shape index (κ1) is 20.3. The molecule has 0 saturated carbocycles. The lowest BCUT2D eigenvalue weighted by Crippen LogP contribution is -2.07. The van der Waals surface area contributed by atoms with Crippen LogP contribution in [0.15, 0.2) is 60.8 Å². The molecule has 7 heteroatoms. The summed E-state index contributed by atoms with van der Waals surface area (Å²) in [6.07, 6.45) is 1.92. The van der Waals surface area contributed by atoms with Crippen molar-refractivity contribution in [2.24, 2.45) is 5.84 Å². The van der Waals surface area contributed by atoms with Gasteiger partial charge in [0.15, 0.2) is 0 Å². The molecule has 0 unspecified atom stereocenters. The lowest BCUT2D eigenvalue weighted by Gasteiger charge is -2.07. The zero-order chi connectivity index (χ0) is 17.4. The van der Waals surface area contributed by atoms with Gasteiger partial charge < -0.3 is 14.9 Å². The molecule has 3 aromatic rings. The van der Waals surface area contributed by atoms with Crippen molar-refractivity contribution in [3.63, 3.8) is 0 Å². The first-order valence-electron chi connectivity index (χ1n) is 7.45. The Labute approximate surface area is 153 Å². The Morgan fingerprint density at radius 1 is 0.920 bits per heavy atom. The zero-order valence-corrected chi connectivity index (χ0v) is 15.3. The third-order valence-corrected chi connectivity index (χ3v) is 3.32. The summed E-state index contributed by atoms with van der Waals surface area (Å²) >= 11 is 0. The quantitative estimate of drug-likeness (QED) is 0.548. The molecular weight excluding hydrogens is 340 g/mol. The number of para-hydroxylation sites is 4. The van der Waals surface area contributed by atoms with Gasteiger partial charge in [0, 0.05) is 6.20 Å². The van der Waals surface area contributed by atoms with Crippen molar-refractivity contribution in [2.75, 3.05) is 19.6 Å². The molecule has 134 valence electrons. The molecule has 2 aromatic carbocycles. The Balaban J connectivity index is 0.000000254. The lowest BCUT2D eigenvalue weighted by atomic mass is 10.3. The summed E-state index contributed by atoms with van der Waals surface area (Å²) in [6, 6.07) is 17.2. The summed E-state index contributed by atoms with van der Waals surface area (Å²) in [5, 5.41) is 4.33. The molecule has 0 radical (unpaired) electrons. The Kier molecular flexibility index (Phi) is 8.32. The Morgan fingerprint density at radius 2 is 1.52 bits per heavy atom. The number of aromatic nitrogens is 2. The van der Waals surface area contributed by atoms with E-state index in [-0.39, 0.29) is 12.4 Å². The van der Waals surface area contributed by atoms with Crippen LogP contribution < -0.4 is 20.7 Å². The molecule has 1 heterocycles. The van der Waals surface area contributed by atoms with E-state index in [1.807, 2.05) is 72.4 Å². The highest BCUT2D eigenvalue weighted by molar-refractivity contribution is 5.85. The second kappa shape index (κ2) is 10.2. The topological polar surface area (TPSA) is 74.3 Å².